The molecule has 1 aliphatic heterocycles. The fraction of sp³-hybridized carbons (Fsp3) is 0.550. The molecule has 0 bridgehead atoms. The van der Waals surface area contributed by atoms with Crippen LogP contribution in [0.25, 0.3) is 0 Å². The topological polar surface area (TPSA) is 68.9 Å². The Balaban J connectivity index is 1.32. The van der Waals surface area contributed by atoms with Gasteiger partial charge in [-0.25, -0.2) is 9.48 Å². The van der Waals surface area contributed by atoms with Gasteiger partial charge in [0, 0.05) is 26.1 Å². The number of carbonyl (C=O) groups excluding carboxylic acids is 1. The van der Waals surface area contributed by atoms with E-state index in [0.29, 0.717) is 19.5 Å². The lowest BCUT2D eigenvalue weighted by atomic mass is 9.93. The lowest BCUT2D eigenvalue weighted by Crippen LogP contribution is -2.36. The smallest absolute Gasteiger partial charge is 0.345 e. The van der Waals surface area contributed by atoms with Gasteiger partial charge >= 0.3 is 5.69 Å². The Morgan fingerprint density at radius 2 is 2.15 bits per heavy atom. The third-order valence-corrected chi connectivity index (χ3v) is 5.62. The molecule has 1 amide bonds. The molecule has 6 nitrogen and oxygen atoms in total. The van der Waals surface area contributed by atoms with Gasteiger partial charge in [-0.1, -0.05) is 29.8 Å². The summed E-state index contributed by atoms with van der Waals surface area (Å²) in [5, 5.41) is 7.51. The van der Waals surface area contributed by atoms with Gasteiger partial charge in [0.2, 0.25) is 5.91 Å². The van der Waals surface area contributed by atoms with Crippen LogP contribution in [0.3, 0.4) is 0 Å². The SMILES string of the molecule is Cc1cccc(C2(C(=O)NCCCn3nc4n(c3=O)CCCC4)CC2)c1. The zero-order chi connectivity index (χ0) is 18.1. The van der Waals surface area contributed by atoms with Gasteiger partial charge < -0.3 is 5.32 Å². The summed E-state index contributed by atoms with van der Waals surface area (Å²) in [6.07, 6.45) is 5.58. The summed E-state index contributed by atoms with van der Waals surface area (Å²) in [5.74, 6) is 1.02. The van der Waals surface area contributed by atoms with Crippen LogP contribution >= 0.6 is 0 Å². The van der Waals surface area contributed by atoms with E-state index in [1.807, 2.05) is 6.07 Å². The fourth-order valence-corrected chi connectivity index (χ4v) is 3.91. The third-order valence-electron chi connectivity index (χ3n) is 5.62. The number of nitrogens with one attached hydrogen (secondary N) is 1. The lowest BCUT2D eigenvalue weighted by Gasteiger charge is -2.16. The van der Waals surface area contributed by atoms with E-state index in [0.717, 1.165) is 50.0 Å². The van der Waals surface area contributed by atoms with Crippen molar-refractivity contribution in [1.29, 1.82) is 0 Å². The van der Waals surface area contributed by atoms with Crippen molar-refractivity contribution in [3.05, 3.63) is 51.7 Å². The van der Waals surface area contributed by atoms with Crippen molar-refractivity contribution in [2.45, 2.75) is 64.0 Å². The Morgan fingerprint density at radius 3 is 2.88 bits per heavy atom. The van der Waals surface area contributed by atoms with Crippen LogP contribution in [0.2, 0.25) is 0 Å². The molecule has 26 heavy (non-hydrogen) atoms. The molecular formula is C20H26N4O2. The van der Waals surface area contributed by atoms with E-state index in [4.69, 9.17) is 0 Å². The van der Waals surface area contributed by atoms with Crippen molar-refractivity contribution >= 4 is 5.91 Å². The molecule has 4 rings (SSSR count). The van der Waals surface area contributed by atoms with E-state index in [9.17, 15) is 9.59 Å². The molecule has 1 saturated carbocycles. The quantitative estimate of drug-likeness (QED) is 0.806. The number of amides is 1. The molecule has 1 aromatic heterocycles. The highest BCUT2D eigenvalue weighted by atomic mass is 16.2. The minimum Gasteiger partial charge on any atom is -0.355 e. The molecule has 0 radical (unpaired) electrons. The molecule has 0 unspecified atom stereocenters. The van der Waals surface area contributed by atoms with Crippen molar-refractivity contribution in [1.82, 2.24) is 19.7 Å². The molecule has 0 saturated heterocycles. The first-order valence-corrected chi connectivity index (χ1v) is 9.62. The minimum atomic E-state index is -0.337. The molecule has 138 valence electrons. The number of aromatic nitrogens is 3. The van der Waals surface area contributed by atoms with Crippen molar-refractivity contribution in [3.63, 3.8) is 0 Å². The van der Waals surface area contributed by atoms with Gasteiger partial charge in [-0.3, -0.25) is 9.36 Å². The molecule has 1 aliphatic carbocycles. The molecule has 2 aromatic rings. The van der Waals surface area contributed by atoms with Crippen LogP contribution in [0.5, 0.6) is 0 Å². The van der Waals surface area contributed by atoms with E-state index in [-0.39, 0.29) is 17.0 Å². The second kappa shape index (κ2) is 6.74. The monoisotopic (exact) mass is 354 g/mol. The molecular weight excluding hydrogens is 328 g/mol. The second-order valence-electron chi connectivity index (χ2n) is 7.59. The average molecular weight is 354 g/mol. The Morgan fingerprint density at radius 1 is 1.31 bits per heavy atom. The number of hydrogen-bond acceptors (Lipinski definition) is 3. The van der Waals surface area contributed by atoms with Crippen molar-refractivity contribution in [3.8, 4) is 0 Å². The number of nitrogens with zero attached hydrogens (tertiary/aromatic N) is 3. The number of fused-ring (bicyclic) bond motifs is 1. The zero-order valence-corrected chi connectivity index (χ0v) is 15.3. The zero-order valence-electron chi connectivity index (χ0n) is 15.3. The second-order valence-corrected chi connectivity index (χ2v) is 7.59. The summed E-state index contributed by atoms with van der Waals surface area (Å²) in [6, 6.07) is 8.24. The maximum absolute atomic E-state index is 12.7. The van der Waals surface area contributed by atoms with Crippen LogP contribution in [-0.4, -0.2) is 26.8 Å². The van der Waals surface area contributed by atoms with Gasteiger partial charge in [-0.05, 0) is 44.6 Å². The lowest BCUT2D eigenvalue weighted by molar-refractivity contribution is -0.123. The van der Waals surface area contributed by atoms with E-state index in [1.54, 1.807) is 9.25 Å². The average Bonchev–Trinajstić information content (AvgIpc) is 3.40. The van der Waals surface area contributed by atoms with Crippen LogP contribution in [0.4, 0.5) is 0 Å². The molecule has 2 aliphatic rings. The van der Waals surface area contributed by atoms with Gasteiger partial charge in [0.25, 0.3) is 0 Å². The van der Waals surface area contributed by atoms with Crippen LogP contribution in [0.15, 0.2) is 29.1 Å². The fourth-order valence-electron chi connectivity index (χ4n) is 3.91. The summed E-state index contributed by atoms with van der Waals surface area (Å²) in [5.41, 5.74) is 1.96. The molecule has 1 N–H and O–H groups in total. The van der Waals surface area contributed by atoms with E-state index in [2.05, 4.69) is 35.5 Å². The number of rotatable bonds is 6. The first-order valence-electron chi connectivity index (χ1n) is 9.62. The Labute approximate surface area is 153 Å². The Bertz CT molecular complexity index is 876. The Kier molecular flexibility index (Phi) is 4.42. The molecule has 0 spiro atoms. The Hall–Kier alpha value is -2.37. The van der Waals surface area contributed by atoms with E-state index in [1.165, 1.54) is 5.56 Å². The maximum Gasteiger partial charge on any atom is 0.345 e. The van der Waals surface area contributed by atoms with Crippen LogP contribution in [0, 0.1) is 6.92 Å². The predicted octanol–water partition coefficient (Wildman–Crippen LogP) is 1.93. The number of carbonyl (C=O) groups is 1. The third kappa shape index (κ3) is 3.08. The van der Waals surface area contributed by atoms with Crippen molar-refractivity contribution in [2.75, 3.05) is 6.54 Å². The summed E-state index contributed by atoms with van der Waals surface area (Å²) in [7, 11) is 0. The normalized spacial score (nSPS) is 17.6. The molecule has 6 heteroatoms. The molecule has 0 atom stereocenters. The standard InChI is InChI=1S/C20H26N4O2/c1-15-6-4-7-16(14-15)20(9-10-20)18(25)21-11-5-13-24-19(26)23-12-3-2-8-17(23)22-24/h4,6-7,14H,2-3,5,8-13H2,1H3,(H,21,25). The predicted molar refractivity (Wildman–Crippen MR) is 99.1 cm³/mol. The van der Waals surface area contributed by atoms with Gasteiger partial charge in [0.05, 0.1) is 5.41 Å². The summed E-state index contributed by atoms with van der Waals surface area (Å²) in [6.45, 7) is 3.96. The highest BCUT2D eigenvalue weighted by molar-refractivity contribution is 5.91. The van der Waals surface area contributed by atoms with E-state index >= 15 is 0 Å². The number of hydrogen-bond donors (Lipinski definition) is 1. The van der Waals surface area contributed by atoms with Gasteiger partial charge in [-0.15, -0.1) is 0 Å². The first-order chi connectivity index (χ1) is 12.6. The summed E-state index contributed by atoms with van der Waals surface area (Å²) >= 11 is 0. The van der Waals surface area contributed by atoms with E-state index < -0.39 is 0 Å². The minimum absolute atomic E-state index is 0.00977. The molecule has 1 aromatic carbocycles. The maximum atomic E-state index is 12.7. The highest BCUT2D eigenvalue weighted by Gasteiger charge is 2.51. The number of aryl methyl sites for hydroxylation is 3. The number of benzene rings is 1. The highest BCUT2D eigenvalue weighted by Crippen LogP contribution is 2.48. The van der Waals surface area contributed by atoms with Gasteiger partial charge in [0.15, 0.2) is 0 Å². The van der Waals surface area contributed by atoms with Crippen LogP contribution in [-0.2, 0) is 29.7 Å². The summed E-state index contributed by atoms with van der Waals surface area (Å²) in [4.78, 5) is 25.0. The molecule has 2 heterocycles. The van der Waals surface area contributed by atoms with Crippen LogP contribution in [0.1, 0.15) is 49.1 Å². The van der Waals surface area contributed by atoms with Crippen molar-refractivity contribution in [2.24, 2.45) is 0 Å². The molecule has 1 fully saturated rings. The van der Waals surface area contributed by atoms with Crippen molar-refractivity contribution < 1.29 is 4.79 Å². The summed E-state index contributed by atoms with van der Waals surface area (Å²) < 4.78 is 3.35. The van der Waals surface area contributed by atoms with Crippen LogP contribution < -0.4 is 11.0 Å². The first kappa shape index (κ1) is 17.1. The largest absolute Gasteiger partial charge is 0.355 e. The van der Waals surface area contributed by atoms with Gasteiger partial charge in [0.1, 0.15) is 5.82 Å². The van der Waals surface area contributed by atoms with Gasteiger partial charge in [-0.2, -0.15) is 5.10 Å².